The number of nitrogens with one attached hydrogen (secondary N) is 1. The lowest BCUT2D eigenvalue weighted by atomic mass is 10.1. The largest absolute Gasteiger partial charge is 0.481 e. The van der Waals surface area contributed by atoms with Crippen LogP contribution in [0.3, 0.4) is 0 Å². The molecule has 1 aliphatic rings. The van der Waals surface area contributed by atoms with E-state index in [0.717, 1.165) is 4.57 Å². The minimum Gasteiger partial charge on any atom is -0.481 e. The van der Waals surface area contributed by atoms with Gasteiger partial charge in [-0.15, -0.1) is 0 Å². The number of hydrogen-bond donors (Lipinski definition) is 4. The second-order valence-electron chi connectivity index (χ2n) is 8.46. The summed E-state index contributed by atoms with van der Waals surface area (Å²) in [6.45, 7) is 2.51. The van der Waals surface area contributed by atoms with Crippen molar-refractivity contribution < 1.29 is 48.7 Å². The number of rotatable bonds is 12. The third kappa shape index (κ3) is 6.79. The maximum Gasteiger partial charge on any atom is 0.351 e. The fourth-order valence-electron chi connectivity index (χ4n) is 3.85. The van der Waals surface area contributed by atoms with Gasteiger partial charge in [-0.3, -0.25) is 14.2 Å². The van der Waals surface area contributed by atoms with Crippen LogP contribution in [0.2, 0.25) is 0 Å². The Balaban J connectivity index is 1.98. The molecule has 14 heteroatoms. The van der Waals surface area contributed by atoms with Crippen LogP contribution in [0.1, 0.15) is 35.5 Å². The number of aliphatic hydroxyl groups excluding tert-OH is 1. The molecule has 0 aliphatic carbocycles. The summed E-state index contributed by atoms with van der Waals surface area (Å²) in [4.78, 5) is 52.5. The van der Waals surface area contributed by atoms with Crippen molar-refractivity contribution in [1.82, 2.24) is 9.55 Å². The van der Waals surface area contributed by atoms with Gasteiger partial charge in [-0.1, -0.05) is 18.2 Å². The predicted molar refractivity (Wildman–Crippen MR) is 129 cm³/mol. The van der Waals surface area contributed by atoms with Crippen LogP contribution in [0.15, 0.2) is 41.3 Å². The Morgan fingerprint density at radius 1 is 1.16 bits per heavy atom. The number of amides is 1. The number of hydrogen-bond acceptors (Lipinski definition) is 10. The summed E-state index contributed by atoms with van der Waals surface area (Å²) in [5, 5.41) is 31.1. The minimum absolute atomic E-state index is 0.00984. The average Bonchev–Trinajstić information content (AvgIpc) is 3.22. The second-order valence-corrected chi connectivity index (χ2v) is 8.46. The van der Waals surface area contributed by atoms with Gasteiger partial charge in [-0.2, -0.15) is 4.98 Å². The van der Waals surface area contributed by atoms with E-state index in [1.54, 1.807) is 37.3 Å². The number of carboxylic acid groups (broad SMARTS) is 2. The van der Waals surface area contributed by atoms with Gasteiger partial charge >= 0.3 is 17.6 Å². The molecule has 38 heavy (non-hydrogen) atoms. The van der Waals surface area contributed by atoms with Crippen molar-refractivity contribution in [3.8, 4) is 0 Å². The highest BCUT2D eigenvalue weighted by Crippen LogP contribution is 2.35. The van der Waals surface area contributed by atoms with Crippen molar-refractivity contribution in [2.24, 2.45) is 0 Å². The number of carbonyl (C=O) groups is 3. The molecule has 0 bridgehead atoms. The second kappa shape index (κ2) is 12.7. The monoisotopic (exact) mass is 535 g/mol. The molecular weight excluding hydrogens is 506 g/mol. The molecule has 1 saturated heterocycles. The van der Waals surface area contributed by atoms with Crippen LogP contribution in [0, 0.1) is 6.92 Å². The number of aryl methyl sites for hydroxylation is 1. The number of nitrogens with zero attached hydrogens (tertiary/aromatic N) is 2. The maximum absolute atomic E-state index is 13.0. The summed E-state index contributed by atoms with van der Waals surface area (Å²) >= 11 is 0. The van der Waals surface area contributed by atoms with Crippen LogP contribution in [0.4, 0.5) is 5.82 Å². The number of aromatic nitrogens is 2. The third-order valence-corrected chi connectivity index (χ3v) is 5.78. The Labute approximate surface area is 216 Å². The van der Waals surface area contributed by atoms with Gasteiger partial charge in [0, 0.05) is 24.4 Å². The van der Waals surface area contributed by atoms with Crippen molar-refractivity contribution >= 4 is 23.7 Å². The lowest BCUT2D eigenvalue weighted by Gasteiger charge is -2.29. The van der Waals surface area contributed by atoms with E-state index < -0.39 is 73.5 Å². The van der Waals surface area contributed by atoms with Gasteiger partial charge in [-0.05, 0) is 26.0 Å². The zero-order chi connectivity index (χ0) is 28.0. The van der Waals surface area contributed by atoms with Crippen molar-refractivity contribution in [2.75, 3.05) is 19.0 Å². The van der Waals surface area contributed by atoms with Gasteiger partial charge in [0.15, 0.2) is 18.6 Å². The molecule has 1 aromatic heterocycles. The van der Waals surface area contributed by atoms with Gasteiger partial charge in [0.05, 0.1) is 13.0 Å². The maximum atomic E-state index is 13.0. The molecule has 4 N–H and O–H groups in total. The van der Waals surface area contributed by atoms with Crippen LogP contribution in [-0.4, -0.2) is 87.1 Å². The Kier molecular flexibility index (Phi) is 9.66. The average molecular weight is 536 g/mol. The lowest BCUT2D eigenvalue weighted by molar-refractivity contribution is -0.195. The smallest absolute Gasteiger partial charge is 0.351 e. The molecule has 1 fully saturated rings. The highest BCUT2D eigenvalue weighted by atomic mass is 16.7. The SMILES string of the molecule is COC(C)O[C@H]1[C@@H](OC(CC(=O)O)C(=O)O)[C@H](n2cc(C)c(NC(=O)c3ccccc3)nc2=O)O[C@@H]1CO. The van der Waals surface area contributed by atoms with Gasteiger partial charge in [-0.25, -0.2) is 9.59 Å². The lowest BCUT2D eigenvalue weighted by Crippen LogP contribution is -2.45. The van der Waals surface area contributed by atoms with E-state index in [-0.39, 0.29) is 5.82 Å². The highest BCUT2D eigenvalue weighted by Gasteiger charge is 2.50. The molecule has 0 saturated carbocycles. The fraction of sp³-hybridized carbons (Fsp3) is 0.458. The molecule has 0 spiro atoms. The molecule has 1 aromatic carbocycles. The van der Waals surface area contributed by atoms with E-state index in [1.807, 2.05) is 0 Å². The highest BCUT2D eigenvalue weighted by molar-refractivity contribution is 6.04. The summed E-state index contributed by atoms with van der Waals surface area (Å²) in [6.07, 6.45) is -7.21. The summed E-state index contributed by atoms with van der Waals surface area (Å²) in [6, 6.07) is 8.29. The molecule has 3 rings (SSSR count). The van der Waals surface area contributed by atoms with Gasteiger partial charge in [0.1, 0.15) is 24.1 Å². The minimum atomic E-state index is -1.82. The summed E-state index contributed by atoms with van der Waals surface area (Å²) < 4.78 is 23.3. The molecule has 14 nitrogen and oxygen atoms in total. The Hall–Kier alpha value is -3.69. The van der Waals surface area contributed by atoms with E-state index >= 15 is 0 Å². The van der Waals surface area contributed by atoms with E-state index in [0.29, 0.717) is 11.1 Å². The van der Waals surface area contributed by atoms with E-state index in [9.17, 15) is 29.4 Å². The number of methoxy groups -OCH3 is 1. The van der Waals surface area contributed by atoms with Gasteiger partial charge in [0.25, 0.3) is 5.91 Å². The molecule has 0 radical (unpaired) electrons. The molecular formula is C24H29N3O11. The van der Waals surface area contributed by atoms with Crippen LogP contribution >= 0.6 is 0 Å². The molecule has 206 valence electrons. The first-order valence-corrected chi connectivity index (χ1v) is 11.6. The van der Waals surface area contributed by atoms with Crippen molar-refractivity contribution in [3.05, 3.63) is 58.1 Å². The molecule has 6 atom stereocenters. The van der Waals surface area contributed by atoms with Crippen LogP contribution in [0.25, 0.3) is 0 Å². The third-order valence-electron chi connectivity index (χ3n) is 5.78. The topological polar surface area (TPSA) is 196 Å². The zero-order valence-corrected chi connectivity index (χ0v) is 20.8. The first kappa shape index (κ1) is 28.9. The molecule has 1 aliphatic heterocycles. The normalized spacial score (nSPS) is 22.5. The van der Waals surface area contributed by atoms with Crippen LogP contribution in [-0.2, 0) is 28.5 Å². The number of anilines is 1. The number of aliphatic carboxylic acids is 2. The van der Waals surface area contributed by atoms with Crippen LogP contribution in [0.5, 0.6) is 0 Å². The van der Waals surface area contributed by atoms with E-state index in [4.69, 9.17) is 24.1 Å². The number of aliphatic hydroxyl groups is 1. The molecule has 1 amide bonds. The summed E-state index contributed by atoms with van der Waals surface area (Å²) in [7, 11) is 1.35. The number of benzene rings is 1. The van der Waals surface area contributed by atoms with Gasteiger partial charge in [0.2, 0.25) is 0 Å². The number of ether oxygens (including phenoxy) is 4. The first-order chi connectivity index (χ1) is 18.0. The first-order valence-electron chi connectivity index (χ1n) is 11.6. The van der Waals surface area contributed by atoms with Crippen molar-refractivity contribution in [2.45, 2.75) is 57.2 Å². The zero-order valence-electron chi connectivity index (χ0n) is 20.8. The fourth-order valence-corrected chi connectivity index (χ4v) is 3.85. The standard InChI is InChI=1S/C24H29N3O11/c1-12-10-27(24(34)26-20(12)25-21(31)14-7-5-4-6-8-14)22-19(37-15(23(32)33)9-17(29)30)18(16(11-28)38-22)36-13(2)35-3/h4-8,10,13,15-16,18-19,22,28H,9,11H2,1-3H3,(H,29,30)(H,32,33)(H,25,26,31,34)/t13?,15?,16-,18-,19-,22-/m1/s1. The number of carboxylic acids is 2. The van der Waals surface area contributed by atoms with Crippen LogP contribution < -0.4 is 11.0 Å². The Bertz CT molecular complexity index is 1200. The van der Waals surface area contributed by atoms with E-state index in [1.165, 1.54) is 20.2 Å². The Morgan fingerprint density at radius 3 is 2.42 bits per heavy atom. The summed E-state index contributed by atoms with van der Waals surface area (Å²) in [5.41, 5.74) is -0.187. The number of carbonyl (C=O) groups excluding carboxylic acids is 1. The molecule has 2 unspecified atom stereocenters. The van der Waals surface area contributed by atoms with Crippen molar-refractivity contribution in [1.29, 1.82) is 0 Å². The summed E-state index contributed by atoms with van der Waals surface area (Å²) in [5.74, 6) is -3.48. The predicted octanol–water partition coefficient (Wildman–Crippen LogP) is 0.384. The molecule has 2 aromatic rings. The Morgan fingerprint density at radius 2 is 1.84 bits per heavy atom. The van der Waals surface area contributed by atoms with Gasteiger partial charge < -0.3 is 39.6 Å². The quantitative estimate of drug-likeness (QED) is 0.273. The van der Waals surface area contributed by atoms with E-state index in [2.05, 4.69) is 10.3 Å². The van der Waals surface area contributed by atoms with Crippen molar-refractivity contribution in [3.63, 3.8) is 0 Å². The molecule has 2 heterocycles.